The number of alkyl halides is 3. The Balaban J connectivity index is 3.10. The van der Waals surface area contributed by atoms with Crippen molar-refractivity contribution in [3.05, 3.63) is 42.0 Å². The van der Waals surface area contributed by atoms with Gasteiger partial charge in [-0.25, -0.2) is 4.79 Å². The molecule has 0 aliphatic heterocycles. The first-order valence-corrected chi connectivity index (χ1v) is 5.67. The summed E-state index contributed by atoms with van der Waals surface area (Å²) in [5.74, 6) is -1.01. The molecule has 0 aliphatic rings. The molecule has 1 aromatic rings. The Morgan fingerprint density at radius 3 is 2.05 bits per heavy atom. The molecule has 0 aromatic heterocycles. The molecule has 0 amide bonds. The van der Waals surface area contributed by atoms with Crippen LogP contribution in [-0.2, 0) is 9.53 Å². The molecule has 1 aromatic carbocycles. The van der Waals surface area contributed by atoms with Gasteiger partial charge >= 0.3 is 12.1 Å². The SMILES string of the molecule is CC(C)(C)OC(=O)/C=C(/c1ccccc1)C(F)(F)F. The van der Waals surface area contributed by atoms with Gasteiger partial charge in [-0.1, -0.05) is 30.3 Å². The third kappa shape index (κ3) is 5.16. The minimum atomic E-state index is -4.61. The van der Waals surface area contributed by atoms with E-state index in [2.05, 4.69) is 0 Å². The quantitative estimate of drug-likeness (QED) is 0.601. The summed E-state index contributed by atoms with van der Waals surface area (Å²) >= 11 is 0. The molecule has 2 nitrogen and oxygen atoms in total. The van der Waals surface area contributed by atoms with Gasteiger partial charge in [-0.2, -0.15) is 13.2 Å². The van der Waals surface area contributed by atoms with Crippen molar-refractivity contribution in [3.8, 4) is 0 Å². The minimum Gasteiger partial charge on any atom is -0.457 e. The van der Waals surface area contributed by atoms with Gasteiger partial charge in [-0.3, -0.25) is 0 Å². The molecule has 0 heterocycles. The zero-order valence-corrected chi connectivity index (χ0v) is 10.9. The van der Waals surface area contributed by atoms with Crippen molar-refractivity contribution in [1.29, 1.82) is 0 Å². The summed E-state index contributed by atoms with van der Waals surface area (Å²) in [5, 5.41) is 0. The number of carbonyl (C=O) groups is 1. The summed E-state index contributed by atoms with van der Waals surface area (Å²) in [6.45, 7) is 4.78. The van der Waals surface area contributed by atoms with Crippen molar-refractivity contribution in [3.63, 3.8) is 0 Å². The fraction of sp³-hybridized carbons (Fsp3) is 0.357. The number of esters is 1. The summed E-state index contributed by atoms with van der Waals surface area (Å²) in [6.07, 6.45) is -4.13. The van der Waals surface area contributed by atoms with E-state index in [9.17, 15) is 18.0 Å². The maximum absolute atomic E-state index is 12.9. The van der Waals surface area contributed by atoms with E-state index in [0.29, 0.717) is 6.08 Å². The van der Waals surface area contributed by atoms with Crippen molar-refractivity contribution in [1.82, 2.24) is 0 Å². The number of allylic oxidation sites excluding steroid dienone is 1. The summed E-state index contributed by atoms with van der Waals surface area (Å²) in [5.41, 5.74) is -1.91. The van der Waals surface area contributed by atoms with Crippen molar-refractivity contribution in [2.24, 2.45) is 0 Å². The van der Waals surface area contributed by atoms with Gasteiger partial charge in [-0.15, -0.1) is 0 Å². The van der Waals surface area contributed by atoms with Crippen LogP contribution in [0.4, 0.5) is 13.2 Å². The molecular weight excluding hydrogens is 257 g/mol. The molecule has 19 heavy (non-hydrogen) atoms. The molecule has 0 bridgehead atoms. The topological polar surface area (TPSA) is 26.3 Å². The Hall–Kier alpha value is -1.78. The standard InChI is InChI=1S/C14H15F3O2/c1-13(2,3)19-12(18)9-11(14(15,16)17)10-7-5-4-6-8-10/h4-9H,1-3H3/b11-9-. The molecule has 0 saturated heterocycles. The maximum Gasteiger partial charge on any atom is 0.417 e. The van der Waals surface area contributed by atoms with Crippen molar-refractivity contribution in [2.75, 3.05) is 0 Å². The highest BCUT2D eigenvalue weighted by atomic mass is 19.4. The molecule has 0 unspecified atom stereocenters. The summed E-state index contributed by atoms with van der Waals surface area (Å²) in [7, 11) is 0. The van der Waals surface area contributed by atoms with E-state index < -0.39 is 23.3 Å². The van der Waals surface area contributed by atoms with Gasteiger partial charge in [0, 0.05) is 6.08 Å². The van der Waals surface area contributed by atoms with Gasteiger partial charge in [0.1, 0.15) is 5.60 Å². The predicted molar refractivity (Wildman–Crippen MR) is 66.3 cm³/mol. The van der Waals surface area contributed by atoms with Crippen LogP contribution in [0.1, 0.15) is 26.3 Å². The molecule has 0 saturated carbocycles. The van der Waals surface area contributed by atoms with E-state index in [1.807, 2.05) is 0 Å². The number of ether oxygens (including phenoxy) is 1. The van der Waals surface area contributed by atoms with Crippen LogP contribution in [0.2, 0.25) is 0 Å². The fourth-order valence-corrected chi connectivity index (χ4v) is 1.40. The molecule has 104 valence electrons. The highest BCUT2D eigenvalue weighted by Gasteiger charge is 2.35. The highest BCUT2D eigenvalue weighted by molar-refractivity contribution is 5.92. The Morgan fingerprint density at radius 2 is 1.63 bits per heavy atom. The Labute approximate surface area is 109 Å². The minimum absolute atomic E-state index is 0.0686. The molecular formula is C14H15F3O2. The van der Waals surface area contributed by atoms with Gasteiger partial charge in [0.2, 0.25) is 0 Å². The monoisotopic (exact) mass is 272 g/mol. The van der Waals surface area contributed by atoms with Crippen molar-refractivity contribution >= 4 is 11.5 Å². The first kappa shape index (κ1) is 15.3. The number of carbonyl (C=O) groups excluding carboxylic acids is 1. The summed E-state index contributed by atoms with van der Waals surface area (Å²) < 4.78 is 43.6. The van der Waals surface area contributed by atoms with E-state index >= 15 is 0 Å². The number of halogens is 3. The third-order valence-corrected chi connectivity index (χ3v) is 2.06. The Morgan fingerprint density at radius 1 is 1.11 bits per heavy atom. The van der Waals surface area contributed by atoms with E-state index in [0.717, 1.165) is 0 Å². The second-order valence-electron chi connectivity index (χ2n) is 4.96. The number of rotatable bonds is 2. The fourth-order valence-electron chi connectivity index (χ4n) is 1.40. The number of benzene rings is 1. The molecule has 0 aliphatic carbocycles. The van der Waals surface area contributed by atoms with E-state index in [4.69, 9.17) is 4.74 Å². The van der Waals surface area contributed by atoms with Crippen LogP contribution >= 0.6 is 0 Å². The largest absolute Gasteiger partial charge is 0.457 e. The van der Waals surface area contributed by atoms with Gasteiger partial charge in [0.15, 0.2) is 0 Å². The van der Waals surface area contributed by atoms with Crippen LogP contribution in [0.3, 0.4) is 0 Å². The third-order valence-electron chi connectivity index (χ3n) is 2.06. The molecule has 1 rings (SSSR count). The Kier molecular flexibility index (Phi) is 4.39. The van der Waals surface area contributed by atoms with Crippen LogP contribution < -0.4 is 0 Å². The van der Waals surface area contributed by atoms with E-state index in [-0.39, 0.29) is 5.56 Å². The van der Waals surface area contributed by atoms with Gasteiger partial charge < -0.3 is 4.74 Å². The lowest BCUT2D eigenvalue weighted by molar-refractivity contribution is -0.148. The molecule has 0 fully saturated rings. The lowest BCUT2D eigenvalue weighted by Gasteiger charge is -2.19. The summed E-state index contributed by atoms with van der Waals surface area (Å²) in [4.78, 5) is 11.5. The lowest BCUT2D eigenvalue weighted by Crippen LogP contribution is -2.23. The first-order chi connectivity index (χ1) is 8.59. The number of hydrogen-bond donors (Lipinski definition) is 0. The highest BCUT2D eigenvalue weighted by Crippen LogP contribution is 2.33. The number of hydrogen-bond acceptors (Lipinski definition) is 2. The second kappa shape index (κ2) is 5.47. The van der Waals surface area contributed by atoms with Crippen LogP contribution in [0, 0.1) is 0 Å². The van der Waals surface area contributed by atoms with Gasteiger partial charge in [0.05, 0.1) is 5.57 Å². The second-order valence-corrected chi connectivity index (χ2v) is 4.96. The average Bonchev–Trinajstić information content (AvgIpc) is 2.23. The zero-order valence-electron chi connectivity index (χ0n) is 10.9. The summed E-state index contributed by atoms with van der Waals surface area (Å²) in [6, 6.07) is 7.15. The molecule has 5 heteroatoms. The van der Waals surface area contributed by atoms with Crippen molar-refractivity contribution in [2.45, 2.75) is 32.5 Å². The van der Waals surface area contributed by atoms with Crippen molar-refractivity contribution < 1.29 is 22.7 Å². The van der Waals surface area contributed by atoms with E-state index in [1.54, 1.807) is 26.8 Å². The van der Waals surface area contributed by atoms with E-state index in [1.165, 1.54) is 24.3 Å². The Bertz CT molecular complexity index is 468. The van der Waals surface area contributed by atoms with Gasteiger partial charge in [-0.05, 0) is 26.3 Å². The normalized spacial score (nSPS) is 13.3. The molecule has 0 atom stereocenters. The zero-order chi connectivity index (χ0) is 14.7. The van der Waals surface area contributed by atoms with Gasteiger partial charge in [0.25, 0.3) is 0 Å². The van der Waals surface area contributed by atoms with Crippen LogP contribution in [0.25, 0.3) is 5.57 Å². The average molecular weight is 272 g/mol. The first-order valence-electron chi connectivity index (χ1n) is 5.67. The molecule has 0 N–H and O–H groups in total. The molecule has 0 radical (unpaired) electrons. The maximum atomic E-state index is 12.9. The van der Waals surface area contributed by atoms with Crippen LogP contribution in [-0.4, -0.2) is 17.7 Å². The lowest BCUT2D eigenvalue weighted by atomic mass is 10.1. The van der Waals surface area contributed by atoms with Crippen LogP contribution in [0.5, 0.6) is 0 Å². The molecule has 0 spiro atoms. The predicted octanol–water partition coefficient (Wildman–Crippen LogP) is 3.97. The van der Waals surface area contributed by atoms with Crippen LogP contribution in [0.15, 0.2) is 36.4 Å². The smallest absolute Gasteiger partial charge is 0.417 e.